The first-order valence-electron chi connectivity index (χ1n) is 5.94. The molecular weight excluding hydrogens is 202 g/mol. The predicted molar refractivity (Wildman–Crippen MR) is 65.5 cm³/mol. The maximum absolute atomic E-state index is 6.38. The highest BCUT2D eigenvalue weighted by Crippen LogP contribution is 2.51. The second-order valence-corrected chi connectivity index (χ2v) is 6.83. The molecule has 1 aromatic rings. The quantitative estimate of drug-likeness (QED) is 0.816. The molecule has 1 aromatic heterocycles. The van der Waals surface area contributed by atoms with Gasteiger partial charge in [-0.2, -0.15) is 0 Å². The van der Waals surface area contributed by atoms with Gasteiger partial charge in [0.1, 0.15) is 0 Å². The molecule has 0 radical (unpaired) electrons. The van der Waals surface area contributed by atoms with Crippen molar-refractivity contribution in [1.29, 1.82) is 0 Å². The van der Waals surface area contributed by atoms with Crippen LogP contribution in [0.2, 0.25) is 0 Å². The Kier molecular flexibility index (Phi) is 1.88. The molecule has 15 heavy (non-hydrogen) atoms. The molecule has 0 saturated heterocycles. The molecule has 1 saturated carbocycles. The molecule has 3 rings (SSSR count). The van der Waals surface area contributed by atoms with Gasteiger partial charge in [-0.25, -0.2) is 0 Å². The van der Waals surface area contributed by atoms with Crippen LogP contribution in [-0.4, -0.2) is 5.54 Å². The molecule has 0 amide bonds. The van der Waals surface area contributed by atoms with Gasteiger partial charge < -0.3 is 5.73 Å². The summed E-state index contributed by atoms with van der Waals surface area (Å²) in [7, 11) is 0. The lowest BCUT2D eigenvalue weighted by atomic mass is 9.81. The third-order valence-corrected chi connectivity index (χ3v) is 5.96. The Morgan fingerprint density at radius 2 is 2.07 bits per heavy atom. The van der Waals surface area contributed by atoms with Crippen molar-refractivity contribution in [3.63, 3.8) is 0 Å². The fourth-order valence-electron chi connectivity index (χ4n) is 2.64. The molecule has 0 atom stereocenters. The van der Waals surface area contributed by atoms with Gasteiger partial charge in [-0.05, 0) is 43.7 Å². The van der Waals surface area contributed by atoms with Crippen LogP contribution in [-0.2, 0) is 18.3 Å². The van der Waals surface area contributed by atoms with Crippen LogP contribution >= 0.6 is 11.3 Å². The number of rotatable bonds is 2. The molecule has 1 heterocycles. The molecule has 0 unspecified atom stereocenters. The van der Waals surface area contributed by atoms with E-state index in [1.165, 1.54) is 37.0 Å². The summed E-state index contributed by atoms with van der Waals surface area (Å²) in [5.74, 6) is 0. The van der Waals surface area contributed by atoms with Gasteiger partial charge in [0.2, 0.25) is 0 Å². The lowest BCUT2D eigenvalue weighted by Crippen LogP contribution is -2.42. The SMILES string of the molecule is CC(C)(c1cc2c(s1)CCC2)C1(N)CC1. The third kappa shape index (κ3) is 1.31. The van der Waals surface area contributed by atoms with E-state index in [1.54, 1.807) is 10.4 Å². The van der Waals surface area contributed by atoms with E-state index >= 15 is 0 Å². The van der Waals surface area contributed by atoms with E-state index < -0.39 is 0 Å². The van der Waals surface area contributed by atoms with Gasteiger partial charge in [0.25, 0.3) is 0 Å². The van der Waals surface area contributed by atoms with E-state index in [0.29, 0.717) is 0 Å². The first-order chi connectivity index (χ1) is 7.03. The molecule has 2 aliphatic carbocycles. The summed E-state index contributed by atoms with van der Waals surface area (Å²) in [4.78, 5) is 3.15. The summed E-state index contributed by atoms with van der Waals surface area (Å²) in [6, 6.07) is 2.43. The number of hydrogen-bond acceptors (Lipinski definition) is 2. The first kappa shape index (κ1) is 9.86. The maximum Gasteiger partial charge on any atom is 0.0256 e. The van der Waals surface area contributed by atoms with Crippen molar-refractivity contribution < 1.29 is 0 Å². The summed E-state index contributed by atoms with van der Waals surface area (Å²) in [5, 5.41) is 0. The fourth-order valence-corrected chi connectivity index (χ4v) is 4.11. The standard InChI is InChI=1S/C13H19NS/c1-12(2,13(14)6-7-13)11-8-9-4-3-5-10(9)15-11/h8H,3-7,14H2,1-2H3. The average Bonchev–Trinajstić information content (AvgIpc) is 2.62. The van der Waals surface area contributed by atoms with Crippen molar-refractivity contribution in [3.8, 4) is 0 Å². The molecule has 1 fully saturated rings. The number of nitrogens with two attached hydrogens (primary N) is 1. The first-order valence-corrected chi connectivity index (χ1v) is 6.75. The zero-order valence-electron chi connectivity index (χ0n) is 9.60. The Bertz CT molecular complexity index is 377. The average molecular weight is 221 g/mol. The zero-order valence-corrected chi connectivity index (χ0v) is 10.4. The third-order valence-electron chi connectivity index (χ3n) is 4.40. The van der Waals surface area contributed by atoms with Crippen LogP contribution in [0.25, 0.3) is 0 Å². The molecule has 0 aromatic carbocycles. The predicted octanol–water partition coefficient (Wildman–Crippen LogP) is 3.01. The van der Waals surface area contributed by atoms with Gasteiger partial charge in [-0.15, -0.1) is 11.3 Å². The lowest BCUT2D eigenvalue weighted by Gasteiger charge is -2.31. The molecular formula is C13H19NS. The molecule has 0 aliphatic heterocycles. The summed E-state index contributed by atoms with van der Waals surface area (Å²) in [5.41, 5.74) is 8.26. The van der Waals surface area contributed by atoms with Gasteiger partial charge >= 0.3 is 0 Å². The van der Waals surface area contributed by atoms with Crippen LogP contribution in [0.5, 0.6) is 0 Å². The van der Waals surface area contributed by atoms with Crippen molar-refractivity contribution >= 4 is 11.3 Å². The highest BCUT2D eigenvalue weighted by Gasteiger charge is 2.52. The number of aryl methyl sites for hydroxylation is 2. The highest BCUT2D eigenvalue weighted by molar-refractivity contribution is 7.12. The van der Waals surface area contributed by atoms with Crippen LogP contribution in [0.1, 0.15) is 48.4 Å². The van der Waals surface area contributed by atoms with Crippen LogP contribution in [0.4, 0.5) is 0 Å². The molecule has 2 aliphatic rings. The molecule has 2 N–H and O–H groups in total. The van der Waals surface area contributed by atoms with E-state index in [2.05, 4.69) is 19.9 Å². The number of thiophene rings is 1. The van der Waals surface area contributed by atoms with E-state index in [0.717, 1.165) is 0 Å². The van der Waals surface area contributed by atoms with E-state index in [4.69, 9.17) is 5.73 Å². The van der Waals surface area contributed by atoms with Crippen molar-refractivity contribution in [3.05, 3.63) is 21.4 Å². The van der Waals surface area contributed by atoms with Gasteiger partial charge in [0.15, 0.2) is 0 Å². The van der Waals surface area contributed by atoms with Crippen molar-refractivity contribution in [2.45, 2.75) is 56.9 Å². The van der Waals surface area contributed by atoms with Crippen LogP contribution < -0.4 is 5.73 Å². The molecule has 2 heteroatoms. The summed E-state index contributed by atoms with van der Waals surface area (Å²) < 4.78 is 0. The van der Waals surface area contributed by atoms with Crippen molar-refractivity contribution in [2.24, 2.45) is 5.73 Å². The van der Waals surface area contributed by atoms with Gasteiger partial charge in [0.05, 0.1) is 0 Å². The topological polar surface area (TPSA) is 26.0 Å². The summed E-state index contributed by atoms with van der Waals surface area (Å²) in [6.45, 7) is 4.64. The lowest BCUT2D eigenvalue weighted by molar-refractivity contribution is 0.398. The van der Waals surface area contributed by atoms with Gasteiger partial charge in [-0.3, -0.25) is 0 Å². The Morgan fingerprint density at radius 3 is 2.67 bits per heavy atom. The normalized spacial score (nSPS) is 22.9. The zero-order chi connectivity index (χ0) is 10.7. The van der Waals surface area contributed by atoms with Gasteiger partial charge in [-0.1, -0.05) is 13.8 Å². The maximum atomic E-state index is 6.38. The summed E-state index contributed by atoms with van der Waals surface area (Å²) >= 11 is 2.02. The highest BCUT2D eigenvalue weighted by atomic mass is 32.1. The fraction of sp³-hybridized carbons (Fsp3) is 0.692. The van der Waals surface area contributed by atoms with Crippen molar-refractivity contribution in [1.82, 2.24) is 0 Å². The van der Waals surface area contributed by atoms with Gasteiger partial charge in [0, 0.05) is 20.7 Å². The Balaban J connectivity index is 1.98. The number of hydrogen-bond donors (Lipinski definition) is 1. The van der Waals surface area contributed by atoms with Crippen LogP contribution in [0.15, 0.2) is 6.07 Å². The minimum atomic E-state index is 0.0889. The number of fused-ring (bicyclic) bond motifs is 1. The molecule has 0 bridgehead atoms. The van der Waals surface area contributed by atoms with Crippen LogP contribution in [0.3, 0.4) is 0 Å². The Morgan fingerprint density at radius 1 is 1.33 bits per heavy atom. The minimum Gasteiger partial charge on any atom is -0.324 e. The van der Waals surface area contributed by atoms with Crippen molar-refractivity contribution in [2.75, 3.05) is 0 Å². The largest absolute Gasteiger partial charge is 0.324 e. The Labute approximate surface area is 95.7 Å². The Hall–Kier alpha value is -0.340. The van der Waals surface area contributed by atoms with E-state index in [-0.39, 0.29) is 11.0 Å². The van der Waals surface area contributed by atoms with E-state index in [9.17, 15) is 0 Å². The molecule has 82 valence electrons. The molecule has 1 nitrogen and oxygen atoms in total. The van der Waals surface area contributed by atoms with Crippen LogP contribution in [0, 0.1) is 0 Å². The van der Waals surface area contributed by atoms with E-state index in [1.807, 2.05) is 11.3 Å². The minimum absolute atomic E-state index is 0.0889. The summed E-state index contributed by atoms with van der Waals surface area (Å²) in [6.07, 6.45) is 6.34. The second-order valence-electron chi connectivity index (χ2n) is 5.69. The molecule has 0 spiro atoms. The second kappa shape index (κ2) is 2.86. The monoisotopic (exact) mass is 221 g/mol. The smallest absolute Gasteiger partial charge is 0.0256 e.